The predicted molar refractivity (Wildman–Crippen MR) is 96.9 cm³/mol. The lowest BCUT2D eigenvalue weighted by Crippen LogP contribution is -2.25. The van der Waals surface area contributed by atoms with Crippen molar-refractivity contribution in [1.29, 1.82) is 0 Å². The Kier molecular flexibility index (Phi) is 6.47. The van der Waals surface area contributed by atoms with Crippen molar-refractivity contribution in [2.24, 2.45) is 0 Å². The maximum Gasteiger partial charge on any atom is 0.135 e. The lowest BCUT2D eigenvalue weighted by Gasteiger charge is -2.20. The van der Waals surface area contributed by atoms with Crippen LogP contribution in [0.2, 0.25) is 5.02 Å². The van der Waals surface area contributed by atoms with Crippen LogP contribution in [0.3, 0.4) is 0 Å². The Labute approximate surface area is 138 Å². The molecule has 0 unspecified atom stereocenters. The molecule has 1 heterocycles. The highest BCUT2D eigenvalue weighted by Crippen LogP contribution is 2.29. The van der Waals surface area contributed by atoms with E-state index in [1.807, 2.05) is 24.4 Å². The molecule has 4 heteroatoms. The number of fused-ring (bicyclic) bond motifs is 1. The third-order valence-corrected chi connectivity index (χ3v) is 4.44. The van der Waals surface area contributed by atoms with E-state index in [0.717, 1.165) is 47.7 Å². The van der Waals surface area contributed by atoms with E-state index in [1.165, 1.54) is 6.42 Å². The summed E-state index contributed by atoms with van der Waals surface area (Å²) in [5.74, 6) is 0.887. The van der Waals surface area contributed by atoms with E-state index in [4.69, 9.17) is 11.6 Å². The number of hydrogen-bond donors (Lipinski definition) is 1. The van der Waals surface area contributed by atoms with E-state index >= 15 is 0 Å². The number of aromatic nitrogens is 1. The summed E-state index contributed by atoms with van der Waals surface area (Å²) in [6.45, 7) is 10.0. The highest BCUT2D eigenvalue weighted by atomic mass is 35.5. The molecule has 0 radical (unpaired) electrons. The van der Waals surface area contributed by atoms with Crippen LogP contribution in [0.1, 0.15) is 33.6 Å². The molecule has 1 aromatic carbocycles. The van der Waals surface area contributed by atoms with Crippen LogP contribution in [-0.2, 0) is 0 Å². The van der Waals surface area contributed by atoms with Crippen LogP contribution in [0.5, 0.6) is 0 Å². The molecule has 0 amide bonds. The highest BCUT2D eigenvalue weighted by molar-refractivity contribution is 6.36. The molecule has 0 spiro atoms. The smallest absolute Gasteiger partial charge is 0.135 e. The molecular formula is C18H26ClN3. The number of benzene rings is 1. The number of halogens is 1. The van der Waals surface area contributed by atoms with E-state index in [1.54, 1.807) is 0 Å². The molecule has 1 aromatic heterocycles. The summed E-state index contributed by atoms with van der Waals surface area (Å²) in [6, 6.07) is 8.34. The average Bonchev–Trinajstić information content (AvgIpc) is 2.52. The summed E-state index contributed by atoms with van der Waals surface area (Å²) in [5.41, 5.74) is 0. The van der Waals surface area contributed by atoms with Crippen LogP contribution in [0.4, 0.5) is 5.82 Å². The molecule has 2 aromatic rings. The van der Waals surface area contributed by atoms with E-state index < -0.39 is 0 Å². The molecule has 0 aliphatic carbocycles. The first-order valence-corrected chi connectivity index (χ1v) is 8.55. The molecule has 22 heavy (non-hydrogen) atoms. The molecule has 1 atom stereocenters. The monoisotopic (exact) mass is 319 g/mol. The first-order valence-electron chi connectivity index (χ1n) is 8.17. The van der Waals surface area contributed by atoms with Gasteiger partial charge in [0.05, 0.1) is 5.02 Å². The molecule has 0 bridgehead atoms. The normalized spacial score (nSPS) is 12.8. The van der Waals surface area contributed by atoms with Gasteiger partial charge in [-0.25, -0.2) is 4.98 Å². The summed E-state index contributed by atoms with van der Waals surface area (Å²) >= 11 is 6.34. The van der Waals surface area contributed by atoms with Gasteiger partial charge in [-0.1, -0.05) is 37.6 Å². The summed E-state index contributed by atoms with van der Waals surface area (Å²) in [5, 5.41) is 6.42. The van der Waals surface area contributed by atoms with Crippen LogP contribution in [-0.4, -0.2) is 35.6 Å². The number of anilines is 1. The van der Waals surface area contributed by atoms with Gasteiger partial charge in [-0.05, 0) is 56.9 Å². The van der Waals surface area contributed by atoms with E-state index in [2.05, 4.69) is 42.0 Å². The lowest BCUT2D eigenvalue weighted by molar-refractivity contribution is 0.295. The molecular weight excluding hydrogens is 294 g/mol. The second-order valence-electron chi connectivity index (χ2n) is 5.71. The van der Waals surface area contributed by atoms with E-state index in [-0.39, 0.29) is 0 Å². The second kappa shape index (κ2) is 8.35. The Balaban J connectivity index is 1.99. The molecule has 0 saturated heterocycles. The van der Waals surface area contributed by atoms with Gasteiger partial charge in [0.2, 0.25) is 0 Å². The maximum absolute atomic E-state index is 6.34. The first kappa shape index (κ1) is 17.0. The zero-order chi connectivity index (χ0) is 15.9. The van der Waals surface area contributed by atoms with E-state index in [9.17, 15) is 0 Å². The van der Waals surface area contributed by atoms with Crippen LogP contribution in [0.25, 0.3) is 10.8 Å². The van der Waals surface area contributed by atoms with Crippen LogP contribution in [0, 0.1) is 0 Å². The lowest BCUT2D eigenvalue weighted by atomic mass is 10.1. The number of hydrogen-bond acceptors (Lipinski definition) is 3. The molecule has 0 aliphatic rings. The fourth-order valence-corrected chi connectivity index (χ4v) is 3.03. The molecule has 1 N–H and O–H groups in total. The minimum absolute atomic E-state index is 0.380. The molecule has 2 rings (SSSR count). The molecule has 0 fully saturated rings. The first-order chi connectivity index (χ1) is 10.7. The van der Waals surface area contributed by atoms with Crippen LogP contribution in [0.15, 0.2) is 30.5 Å². The maximum atomic E-state index is 6.34. The Hall–Kier alpha value is -1.32. The quantitative estimate of drug-likeness (QED) is 0.756. The van der Waals surface area contributed by atoms with Crippen molar-refractivity contribution < 1.29 is 0 Å². The number of pyridine rings is 1. The summed E-state index contributed by atoms with van der Waals surface area (Å²) in [7, 11) is 0. The largest absolute Gasteiger partial charge is 0.367 e. The van der Waals surface area contributed by atoms with Gasteiger partial charge in [-0.3, -0.25) is 0 Å². The van der Waals surface area contributed by atoms with Crippen molar-refractivity contribution in [3.05, 3.63) is 35.5 Å². The van der Waals surface area contributed by atoms with Crippen molar-refractivity contribution in [3.8, 4) is 0 Å². The van der Waals surface area contributed by atoms with Crippen molar-refractivity contribution in [1.82, 2.24) is 9.88 Å². The number of nitrogens with one attached hydrogen (secondary N) is 1. The van der Waals surface area contributed by atoms with Gasteiger partial charge in [0.15, 0.2) is 0 Å². The number of nitrogens with zero attached hydrogens (tertiary/aromatic N) is 2. The molecule has 3 nitrogen and oxygen atoms in total. The third kappa shape index (κ3) is 4.34. The minimum atomic E-state index is 0.380. The SMILES string of the molecule is CCN(CC)CCC[C@@H](C)Nc1nccc2cccc(Cl)c12. The third-order valence-electron chi connectivity index (χ3n) is 4.13. The molecule has 0 aliphatic heterocycles. The zero-order valence-electron chi connectivity index (χ0n) is 13.8. The summed E-state index contributed by atoms with van der Waals surface area (Å²) in [6.07, 6.45) is 4.15. The molecule has 120 valence electrons. The Bertz CT molecular complexity index is 591. The van der Waals surface area contributed by atoms with Crippen molar-refractivity contribution in [2.75, 3.05) is 25.0 Å². The average molecular weight is 320 g/mol. The minimum Gasteiger partial charge on any atom is -0.367 e. The fourth-order valence-electron chi connectivity index (χ4n) is 2.76. The van der Waals surface area contributed by atoms with Gasteiger partial charge in [0.1, 0.15) is 5.82 Å². The molecule has 0 saturated carbocycles. The van der Waals surface area contributed by atoms with Crippen molar-refractivity contribution in [3.63, 3.8) is 0 Å². The van der Waals surface area contributed by atoms with Gasteiger partial charge in [0, 0.05) is 17.6 Å². The predicted octanol–water partition coefficient (Wildman–Crippen LogP) is 4.81. The fraction of sp³-hybridized carbons (Fsp3) is 0.500. The van der Waals surface area contributed by atoms with Gasteiger partial charge >= 0.3 is 0 Å². The Morgan fingerprint density at radius 1 is 1.23 bits per heavy atom. The van der Waals surface area contributed by atoms with Gasteiger partial charge in [0.25, 0.3) is 0 Å². The van der Waals surface area contributed by atoms with Gasteiger partial charge < -0.3 is 10.2 Å². The van der Waals surface area contributed by atoms with Crippen molar-refractivity contribution in [2.45, 2.75) is 39.7 Å². The summed E-state index contributed by atoms with van der Waals surface area (Å²) in [4.78, 5) is 6.94. The van der Waals surface area contributed by atoms with Crippen LogP contribution >= 0.6 is 11.6 Å². The van der Waals surface area contributed by atoms with Crippen molar-refractivity contribution >= 4 is 28.2 Å². The van der Waals surface area contributed by atoms with E-state index in [0.29, 0.717) is 6.04 Å². The Morgan fingerprint density at radius 2 is 2.00 bits per heavy atom. The topological polar surface area (TPSA) is 28.2 Å². The van der Waals surface area contributed by atoms with Crippen LogP contribution < -0.4 is 5.32 Å². The zero-order valence-corrected chi connectivity index (χ0v) is 14.5. The number of rotatable bonds is 8. The van der Waals surface area contributed by atoms with Gasteiger partial charge in [-0.15, -0.1) is 0 Å². The Morgan fingerprint density at radius 3 is 2.73 bits per heavy atom. The summed E-state index contributed by atoms with van der Waals surface area (Å²) < 4.78 is 0. The highest BCUT2D eigenvalue weighted by Gasteiger charge is 2.09. The van der Waals surface area contributed by atoms with Gasteiger partial charge in [-0.2, -0.15) is 0 Å². The second-order valence-corrected chi connectivity index (χ2v) is 6.12. The standard InChI is InChI=1S/C18H26ClN3/c1-4-22(5-2)13-7-8-14(3)21-18-17-15(11-12-20-18)9-6-10-16(17)19/h6,9-12,14H,4-5,7-8,13H2,1-3H3,(H,20,21)/t14-/m1/s1.